The summed E-state index contributed by atoms with van der Waals surface area (Å²) in [6, 6.07) is 4.98. The van der Waals surface area contributed by atoms with E-state index in [1.165, 1.54) is 19.5 Å². The van der Waals surface area contributed by atoms with Gasteiger partial charge in [-0.15, -0.1) is 0 Å². The van der Waals surface area contributed by atoms with Crippen LogP contribution in [0.4, 0.5) is 4.39 Å². The fourth-order valence-electron chi connectivity index (χ4n) is 4.29. The van der Waals surface area contributed by atoms with Gasteiger partial charge in [0, 0.05) is 23.4 Å². The SMILES string of the molecule is COc1cnc(C(=O)Cc2ccc(Cl)c([C@@]3(CF)N=C(N)O[C@@H]4C[C@@H](C)OC[C@@H]43)c2)cn1. The van der Waals surface area contributed by atoms with E-state index in [2.05, 4.69) is 15.0 Å². The van der Waals surface area contributed by atoms with Gasteiger partial charge in [0.2, 0.25) is 5.88 Å². The van der Waals surface area contributed by atoms with Crippen LogP contribution in [0.3, 0.4) is 0 Å². The van der Waals surface area contributed by atoms with Crippen molar-refractivity contribution in [2.75, 3.05) is 20.4 Å². The van der Waals surface area contributed by atoms with E-state index in [0.29, 0.717) is 28.5 Å². The van der Waals surface area contributed by atoms with E-state index in [4.69, 9.17) is 31.5 Å². The predicted molar refractivity (Wildman–Crippen MR) is 116 cm³/mol. The van der Waals surface area contributed by atoms with Crippen LogP contribution in [0.2, 0.25) is 5.02 Å². The molecule has 0 aliphatic carbocycles. The van der Waals surface area contributed by atoms with Crippen molar-refractivity contribution >= 4 is 23.4 Å². The lowest BCUT2D eigenvalue weighted by molar-refractivity contribution is -0.109. The molecule has 2 N–H and O–H groups in total. The highest BCUT2D eigenvalue weighted by molar-refractivity contribution is 6.31. The molecule has 8 nitrogen and oxygen atoms in total. The second kappa shape index (κ2) is 8.99. The van der Waals surface area contributed by atoms with Gasteiger partial charge in [0.1, 0.15) is 24.0 Å². The molecule has 1 fully saturated rings. The molecule has 3 heterocycles. The summed E-state index contributed by atoms with van der Waals surface area (Å²) in [6.07, 6.45) is 2.95. The highest BCUT2D eigenvalue weighted by Gasteiger charge is 2.52. The van der Waals surface area contributed by atoms with Crippen molar-refractivity contribution < 1.29 is 23.4 Å². The standard InChI is InChI=1S/C22H24ClFN4O4/c1-12-5-19-15(10-31-12)22(11-24,28-21(25)32-19)14-6-13(3-4-16(14)23)7-18(29)17-8-27-20(30-2)9-26-17/h3-4,6,8-9,12,15,19H,5,7,10-11H2,1-2H3,(H2,25,28)/t12-,15+,19-,22-/m1/s1. The highest BCUT2D eigenvalue weighted by Crippen LogP contribution is 2.46. The van der Waals surface area contributed by atoms with Crippen molar-refractivity contribution in [2.24, 2.45) is 16.6 Å². The zero-order chi connectivity index (χ0) is 22.9. The van der Waals surface area contributed by atoms with E-state index in [-0.39, 0.29) is 42.7 Å². The first-order chi connectivity index (χ1) is 15.4. The molecular weight excluding hydrogens is 439 g/mol. The van der Waals surface area contributed by atoms with Gasteiger partial charge in [-0.2, -0.15) is 0 Å². The number of amidine groups is 1. The Labute approximate surface area is 190 Å². The maximum Gasteiger partial charge on any atom is 0.283 e. The Morgan fingerprint density at radius 3 is 2.88 bits per heavy atom. The lowest BCUT2D eigenvalue weighted by Gasteiger charge is -2.47. The van der Waals surface area contributed by atoms with Crippen LogP contribution in [0.5, 0.6) is 5.88 Å². The number of aromatic nitrogens is 2. The maximum absolute atomic E-state index is 14.7. The number of nitrogens with zero attached hydrogens (tertiary/aromatic N) is 3. The Morgan fingerprint density at radius 1 is 1.38 bits per heavy atom. The van der Waals surface area contributed by atoms with Gasteiger partial charge in [0.15, 0.2) is 5.78 Å². The van der Waals surface area contributed by atoms with Crippen molar-refractivity contribution in [2.45, 2.75) is 37.5 Å². The molecule has 2 aliphatic rings. The number of methoxy groups -OCH3 is 1. The number of ketones is 1. The summed E-state index contributed by atoms with van der Waals surface area (Å²) in [4.78, 5) is 25.2. The van der Waals surface area contributed by atoms with Gasteiger partial charge in [-0.1, -0.05) is 23.7 Å². The molecule has 170 valence electrons. The predicted octanol–water partition coefficient (Wildman–Crippen LogP) is 2.87. The van der Waals surface area contributed by atoms with E-state index in [1.54, 1.807) is 18.2 Å². The first-order valence-corrected chi connectivity index (χ1v) is 10.6. The van der Waals surface area contributed by atoms with Crippen LogP contribution >= 0.6 is 11.6 Å². The smallest absolute Gasteiger partial charge is 0.283 e. The molecule has 0 amide bonds. The molecular formula is C22H24ClFN4O4. The maximum atomic E-state index is 14.7. The molecule has 4 rings (SSSR count). The minimum absolute atomic E-state index is 0.0326. The Hall–Kier alpha value is -2.78. The molecule has 10 heteroatoms. The number of benzene rings is 1. The number of halogens is 2. The molecule has 0 unspecified atom stereocenters. The summed E-state index contributed by atoms with van der Waals surface area (Å²) in [5, 5.41) is 0.332. The van der Waals surface area contributed by atoms with Gasteiger partial charge < -0.3 is 19.9 Å². The van der Waals surface area contributed by atoms with E-state index >= 15 is 0 Å². The zero-order valence-electron chi connectivity index (χ0n) is 17.8. The third-order valence-corrected chi connectivity index (χ3v) is 6.29. The number of hydrogen-bond donors (Lipinski definition) is 1. The van der Waals surface area contributed by atoms with E-state index in [1.807, 2.05) is 6.92 Å². The Kier molecular flexibility index (Phi) is 6.30. The van der Waals surface area contributed by atoms with Crippen LogP contribution in [-0.2, 0) is 21.4 Å². The van der Waals surface area contributed by atoms with Gasteiger partial charge in [-0.05, 0) is 18.6 Å². The van der Waals surface area contributed by atoms with Gasteiger partial charge >= 0.3 is 0 Å². The van der Waals surface area contributed by atoms with Crippen LogP contribution in [-0.4, -0.2) is 54.4 Å². The summed E-state index contributed by atoms with van der Waals surface area (Å²) in [5.74, 6) is -0.342. The summed E-state index contributed by atoms with van der Waals surface area (Å²) >= 11 is 6.51. The molecule has 0 bridgehead atoms. The number of carbonyl (C=O) groups is 1. The minimum Gasteiger partial charge on any atom is -0.480 e. The number of nitrogens with two attached hydrogens (primary N) is 1. The number of alkyl halides is 1. The Bertz CT molecular complexity index is 1040. The largest absolute Gasteiger partial charge is 0.480 e. The average Bonchev–Trinajstić information content (AvgIpc) is 2.79. The normalized spacial score (nSPS) is 27.1. The van der Waals surface area contributed by atoms with Crippen LogP contribution in [0.15, 0.2) is 35.6 Å². The summed E-state index contributed by atoms with van der Waals surface area (Å²) in [6.45, 7) is 1.35. The highest BCUT2D eigenvalue weighted by atomic mass is 35.5. The quantitative estimate of drug-likeness (QED) is 0.657. The average molecular weight is 463 g/mol. The molecule has 1 saturated heterocycles. The minimum atomic E-state index is -1.36. The van der Waals surface area contributed by atoms with Crippen LogP contribution < -0.4 is 10.5 Å². The molecule has 0 saturated carbocycles. The first-order valence-electron chi connectivity index (χ1n) is 10.2. The number of Topliss-reactive ketones (excluding diaryl/α,β-unsaturated/α-hetero) is 1. The summed E-state index contributed by atoms with van der Waals surface area (Å²) in [5.41, 5.74) is 5.88. The fraction of sp³-hybridized carbons (Fsp3) is 0.455. The van der Waals surface area contributed by atoms with Gasteiger partial charge in [-0.25, -0.2) is 19.4 Å². The number of hydrogen-bond acceptors (Lipinski definition) is 8. The molecule has 32 heavy (non-hydrogen) atoms. The monoisotopic (exact) mass is 462 g/mol. The third-order valence-electron chi connectivity index (χ3n) is 5.96. The van der Waals surface area contributed by atoms with E-state index in [9.17, 15) is 9.18 Å². The second-order valence-corrected chi connectivity index (χ2v) is 8.42. The van der Waals surface area contributed by atoms with Gasteiger partial charge in [0.05, 0.1) is 38.1 Å². The fourth-order valence-corrected chi connectivity index (χ4v) is 4.57. The molecule has 0 spiro atoms. The van der Waals surface area contributed by atoms with E-state index < -0.39 is 18.1 Å². The van der Waals surface area contributed by atoms with Crippen molar-refractivity contribution in [3.05, 3.63) is 52.4 Å². The van der Waals surface area contributed by atoms with E-state index in [0.717, 1.165) is 0 Å². The molecule has 2 aromatic rings. The van der Waals surface area contributed by atoms with Crippen molar-refractivity contribution in [3.63, 3.8) is 0 Å². The van der Waals surface area contributed by atoms with Crippen LogP contribution in [0.25, 0.3) is 0 Å². The Balaban J connectivity index is 1.67. The van der Waals surface area contributed by atoms with Crippen molar-refractivity contribution in [1.29, 1.82) is 0 Å². The van der Waals surface area contributed by atoms with Gasteiger partial charge in [-0.3, -0.25) is 4.79 Å². The topological polar surface area (TPSA) is 109 Å². The third kappa shape index (κ3) is 4.14. The van der Waals surface area contributed by atoms with Crippen molar-refractivity contribution in [1.82, 2.24) is 9.97 Å². The molecule has 0 radical (unpaired) electrons. The number of ether oxygens (including phenoxy) is 3. The summed E-state index contributed by atoms with van der Waals surface area (Å²) in [7, 11) is 1.47. The lowest BCUT2D eigenvalue weighted by atomic mass is 9.73. The van der Waals surface area contributed by atoms with Gasteiger partial charge in [0.25, 0.3) is 6.02 Å². The molecule has 4 atom stereocenters. The zero-order valence-corrected chi connectivity index (χ0v) is 18.5. The number of fused-ring (bicyclic) bond motifs is 1. The lowest BCUT2D eigenvalue weighted by Crippen LogP contribution is -2.55. The number of carbonyl (C=O) groups excluding carboxylic acids is 1. The van der Waals surface area contributed by atoms with Crippen LogP contribution in [0.1, 0.15) is 35.0 Å². The Morgan fingerprint density at radius 2 is 2.19 bits per heavy atom. The molecule has 2 aliphatic heterocycles. The number of rotatable bonds is 6. The van der Waals surface area contributed by atoms with Crippen LogP contribution in [0, 0.1) is 5.92 Å². The second-order valence-electron chi connectivity index (χ2n) is 8.01. The number of aliphatic imine (C=N–C) groups is 1. The molecule has 1 aromatic heterocycles. The molecule has 1 aromatic carbocycles. The summed E-state index contributed by atoms with van der Waals surface area (Å²) < 4.78 is 31.2. The first kappa shape index (κ1) is 22.4. The van der Waals surface area contributed by atoms with Crippen molar-refractivity contribution in [3.8, 4) is 5.88 Å².